The van der Waals surface area contributed by atoms with Crippen LogP contribution in [0, 0.1) is 5.82 Å². The summed E-state index contributed by atoms with van der Waals surface area (Å²) in [4.78, 5) is 4.52. The van der Waals surface area contributed by atoms with E-state index in [4.69, 9.17) is 15.2 Å². The summed E-state index contributed by atoms with van der Waals surface area (Å²) in [5.74, 6) is 1.62. The Labute approximate surface area is 133 Å². The van der Waals surface area contributed by atoms with Crippen molar-refractivity contribution in [1.82, 2.24) is 9.55 Å². The van der Waals surface area contributed by atoms with Crippen LogP contribution in [0.4, 0.5) is 4.39 Å². The predicted octanol–water partition coefficient (Wildman–Crippen LogP) is 2.70. The van der Waals surface area contributed by atoms with E-state index in [1.54, 1.807) is 32.4 Å². The SMILES string of the molecule is COc1cc2nc(CN)n(Cc3ccccc3F)c2cc1OC. The highest BCUT2D eigenvalue weighted by atomic mass is 19.1. The highest BCUT2D eigenvalue weighted by Gasteiger charge is 2.15. The number of hydrogen-bond donors (Lipinski definition) is 1. The van der Waals surface area contributed by atoms with Crippen LogP contribution in [-0.4, -0.2) is 23.8 Å². The molecular weight excluding hydrogens is 297 g/mol. The zero-order valence-corrected chi connectivity index (χ0v) is 13.0. The van der Waals surface area contributed by atoms with E-state index in [9.17, 15) is 4.39 Å². The fourth-order valence-corrected chi connectivity index (χ4v) is 2.63. The second-order valence-electron chi connectivity index (χ2n) is 5.11. The quantitative estimate of drug-likeness (QED) is 0.786. The van der Waals surface area contributed by atoms with Crippen molar-refractivity contribution in [2.24, 2.45) is 5.73 Å². The molecule has 120 valence electrons. The number of methoxy groups -OCH3 is 2. The molecule has 0 saturated heterocycles. The van der Waals surface area contributed by atoms with E-state index >= 15 is 0 Å². The normalized spacial score (nSPS) is 11.0. The van der Waals surface area contributed by atoms with E-state index in [-0.39, 0.29) is 12.4 Å². The molecule has 5 nitrogen and oxygen atoms in total. The summed E-state index contributed by atoms with van der Waals surface area (Å²) in [6.07, 6.45) is 0. The molecule has 0 saturated carbocycles. The number of imidazole rings is 1. The van der Waals surface area contributed by atoms with Crippen LogP contribution >= 0.6 is 0 Å². The molecule has 2 N–H and O–H groups in total. The van der Waals surface area contributed by atoms with Gasteiger partial charge in [0.1, 0.15) is 11.6 Å². The van der Waals surface area contributed by atoms with Gasteiger partial charge in [-0.1, -0.05) is 18.2 Å². The second-order valence-corrected chi connectivity index (χ2v) is 5.11. The van der Waals surface area contributed by atoms with Gasteiger partial charge in [0.2, 0.25) is 0 Å². The molecule has 0 spiro atoms. The zero-order valence-electron chi connectivity index (χ0n) is 13.0. The number of rotatable bonds is 5. The van der Waals surface area contributed by atoms with Crippen LogP contribution in [0.2, 0.25) is 0 Å². The summed E-state index contributed by atoms with van der Waals surface area (Å²) in [5.41, 5.74) is 7.95. The first-order chi connectivity index (χ1) is 11.2. The van der Waals surface area contributed by atoms with Crippen LogP contribution in [-0.2, 0) is 13.1 Å². The Kier molecular flexibility index (Phi) is 4.16. The lowest BCUT2D eigenvalue weighted by Crippen LogP contribution is -2.10. The molecule has 6 heteroatoms. The monoisotopic (exact) mass is 315 g/mol. The van der Waals surface area contributed by atoms with Gasteiger partial charge in [-0.3, -0.25) is 0 Å². The number of halogens is 1. The highest BCUT2D eigenvalue weighted by molar-refractivity contribution is 5.80. The molecule has 0 aliphatic heterocycles. The maximum absolute atomic E-state index is 14.0. The molecule has 0 fully saturated rings. The molecular formula is C17H18FN3O2. The molecule has 0 aliphatic rings. The third kappa shape index (κ3) is 2.73. The summed E-state index contributed by atoms with van der Waals surface area (Å²) in [7, 11) is 3.15. The lowest BCUT2D eigenvalue weighted by atomic mass is 10.2. The average molecular weight is 315 g/mol. The first-order valence-electron chi connectivity index (χ1n) is 7.22. The standard InChI is InChI=1S/C17H18FN3O2/c1-22-15-7-13-14(8-16(15)23-2)21(17(9-19)20-13)10-11-5-3-4-6-12(11)18/h3-8H,9-10,19H2,1-2H3. The lowest BCUT2D eigenvalue weighted by Gasteiger charge is -2.11. The van der Waals surface area contributed by atoms with E-state index < -0.39 is 0 Å². The van der Waals surface area contributed by atoms with Crippen LogP contribution in [0.25, 0.3) is 11.0 Å². The van der Waals surface area contributed by atoms with E-state index in [2.05, 4.69) is 4.98 Å². The van der Waals surface area contributed by atoms with Crippen LogP contribution < -0.4 is 15.2 Å². The molecule has 1 aromatic heterocycles. The van der Waals surface area contributed by atoms with Gasteiger partial charge >= 0.3 is 0 Å². The first-order valence-corrected chi connectivity index (χ1v) is 7.22. The third-order valence-electron chi connectivity index (χ3n) is 3.80. The van der Waals surface area contributed by atoms with Crippen LogP contribution in [0.15, 0.2) is 36.4 Å². The van der Waals surface area contributed by atoms with Gasteiger partial charge < -0.3 is 19.8 Å². The Morgan fingerprint density at radius 2 is 1.83 bits per heavy atom. The van der Waals surface area contributed by atoms with Crippen molar-refractivity contribution >= 4 is 11.0 Å². The molecule has 2 aromatic carbocycles. The molecule has 3 aromatic rings. The minimum Gasteiger partial charge on any atom is -0.493 e. The number of ether oxygens (including phenoxy) is 2. The van der Waals surface area contributed by atoms with Crippen molar-refractivity contribution in [3.05, 3.63) is 53.6 Å². The molecule has 3 rings (SSSR count). The third-order valence-corrected chi connectivity index (χ3v) is 3.80. The van der Waals surface area contributed by atoms with Crippen LogP contribution in [0.3, 0.4) is 0 Å². The minimum atomic E-state index is -0.252. The molecule has 0 bridgehead atoms. The fraction of sp³-hybridized carbons (Fsp3) is 0.235. The van der Waals surface area contributed by atoms with Crippen LogP contribution in [0.5, 0.6) is 11.5 Å². The van der Waals surface area contributed by atoms with Crippen LogP contribution in [0.1, 0.15) is 11.4 Å². The van der Waals surface area contributed by atoms with Crippen molar-refractivity contribution in [2.75, 3.05) is 14.2 Å². The molecule has 23 heavy (non-hydrogen) atoms. The maximum Gasteiger partial charge on any atom is 0.163 e. The number of nitrogens with zero attached hydrogens (tertiary/aromatic N) is 2. The second kappa shape index (κ2) is 6.26. The van der Waals surface area contributed by atoms with E-state index in [1.807, 2.05) is 16.7 Å². The Morgan fingerprint density at radius 3 is 2.48 bits per heavy atom. The van der Waals surface area contributed by atoms with Crippen molar-refractivity contribution in [2.45, 2.75) is 13.1 Å². The van der Waals surface area contributed by atoms with E-state index in [0.717, 1.165) is 11.0 Å². The summed E-state index contributed by atoms with van der Waals surface area (Å²) in [6, 6.07) is 10.3. The number of benzene rings is 2. The Hall–Kier alpha value is -2.60. The van der Waals surface area contributed by atoms with Crippen molar-refractivity contribution < 1.29 is 13.9 Å². The first kappa shape index (κ1) is 15.3. The summed E-state index contributed by atoms with van der Waals surface area (Å²) < 4.78 is 26.5. The van der Waals surface area contributed by atoms with Gasteiger partial charge in [-0.15, -0.1) is 0 Å². The fourth-order valence-electron chi connectivity index (χ4n) is 2.63. The maximum atomic E-state index is 14.0. The van der Waals surface area contributed by atoms with E-state index in [0.29, 0.717) is 29.4 Å². The predicted molar refractivity (Wildman–Crippen MR) is 86.2 cm³/mol. The lowest BCUT2D eigenvalue weighted by molar-refractivity contribution is 0.355. The van der Waals surface area contributed by atoms with Gasteiger partial charge in [0, 0.05) is 17.7 Å². The number of nitrogens with two attached hydrogens (primary N) is 1. The van der Waals surface area contributed by atoms with E-state index in [1.165, 1.54) is 6.07 Å². The Balaban J connectivity index is 2.16. The summed E-state index contributed by atoms with van der Waals surface area (Å²) in [6.45, 7) is 0.610. The summed E-state index contributed by atoms with van der Waals surface area (Å²) in [5, 5.41) is 0. The van der Waals surface area contributed by atoms with Crippen molar-refractivity contribution in [3.63, 3.8) is 0 Å². The van der Waals surface area contributed by atoms with Crippen molar-refractivity contribution in [3.8, 4) is 11.5 Å². The topological polar surface area (TPSA) is 62.3 Å². The largest absolute Gasteiger partial charge is 0.493 e. The highest BCUT2D eigenvalue weighted by Crippen LogP contribution is 2.32. The zero-order chi connectivity index (χ0) is 16.4. The smallest absolute Gasteiger partial charge is 0.163 e. The van der Waals surface area contributed by atoms with Gasteiger partial charge in [-0.25, -0.2) is 9.37 Å². The van der Waals surface area contributed by atoms with Crippen molar-refractivity contribution in [1.29, 1.82) is 0 Å². The number of hydrogen-bond acceptors (Lipinski definition) is 4. The molecule has 0 amide bonds. The molecule has 0 atom stereocenters. The summed E-state index contributed by atoms with van der Waals surface area (Å²) >= 11 is 0. The Bertz CT molecular complexity index is 845. The molecule has 0 radical (unpaired) electrons. The molecule has 0 unspecified atom stereocenters. The van der Waals surface area contributed by atoms with Gasteiger partial charge in [-0.2, -0.15) is 0 Å². The molecule has 1 heterocycles. The van der Waals surface area contributed by atoms with Gasteiger partial charge in [-0.05, 0) is 6.07 Å². The minimum absolute atomic E-state index is 0.252. The Morgan fingerprint density at radius 1 is 1.13 bits per heavy atom. The molecule has 0 aliphatic carbocycles. The van der Waals surface area contributed by atoms with Gasteiger partial charge in [0.05, 0.1) is 38.3 Å². The average Bonchev–Trinajstić information content (AvgIpc) is 2.92. The number of aromatic nitrogens is 2. The van der Waals surface area contributed by atoms with Gasteiger partial charge in [0.15, 0.2) is 11.5 Å². The van der Waals surface area contributed by atoms with Gasteiger partial charge in [0.25, 0.3) is 0 Å². The number of fused-ring (bicyclic) bond motifs is 1.